The first-order valence-corrected chi connectivity index (χ1v) is 11.7. The van der Waals surface area contributed by atoms with Crippen LogP contribution in [0.15, 0.2) is 60.7 Å². The van der Waals surface area contributed by atoms with Gasteiger partial charge in [0.2, 0.25) is 15.9 Å². The maximum Gasteiger partial charge on any atom is 0.248 e. The Morgan fingerprint density at radius 1 is 1.03 bits per heavy atom. The highest BCUT2D eigenvalue weighted by Gasteiger charge is 2.28. The molecule has 1 N–H and O–H groups in total. The minimum atomic E-state index is -3.21. The number of carbonyl (C=O) groups excluding carboxylic acids is 1. The third-order valence-corrected chi connectivity index (χ3v) is 7.14. The molecule has 3 aromatic rings. The van der Waals surface area contributed by atoms with Gasteiger partial charge in [-0.3, -0.25) is 9.10 Å². The molecule has 31 heavy (non-hydrogen) atoms. The quantitative estimate of drug-likeness (QED) is 0.619. The van der Waals surface area contributed by atoms with Crippen LogP contribution in [-0.2, 0) is 14.8 Å². The third-order valence-electron chi connectivity index (χ3n) is 5.27. The number of sulfonamides is 1. The molecule has 1 amide bonds. The number of carbonyl (C=O) groups is 1. The number of aromatic nitrogens is 2. The molecule has 0 saturated carbocycles. The summed E-state index contributed by atoms with van der Waals surface area (Å²) in [5, 5.41) is 7.39. The van der Waals surface area contributed by atoms with Crippen LogP contribution < -0.4 is 9.62 Å². The van der Waals surface area contributed by atoms with E-state index < -0.39 is 10.0 Å². The number of rotatable bonds is 5. The average molecular weight is 437 g/mol. The van der Waals surface area contributed by atoms with Crippen molar-refractivity contribution in [2.24, 2.45) is 0 Å². The van der Waals surface area contributed by atoms with Gasteiger partial charge in [0.15, 0.2) is 0 Å². The van der Waals surface area contributed by atoms with Crippen molar-refractivity contribution in [3.63, 3.8) is 0 Å². The number of amides is 1. The highest BCUT2D eigenvalue weighted by molar-refractivity contribution is 7.93. The van der Waals surface area contributed by atoms with Crippen molar-refractivity contribution in [2.75, 3.05) is 21.9 Å². The Morgan fingerprint density at radius 2 is 1.74 bits per heavy atom. The molecule has 0 radical (unpaired) electrons. The molecule has 2 aromatic carbocycles. The van der Waals surface area contributed by atoms with E-state index in [0.717, 1.165) is 22.6 Å². The fourth-order valence-corrected chi connectivity index (χ4v) is 5.26. The van der Waals surface area contributed by atoms with Gasteiger partial charge in [-0.1, -0.05) is 18.2 Å². The van der Waals surface area contributed by atoms with Crippen molar-refractivity contribution in [1.82, 2.24) is 9.78 Å². The van der Waals surface area contributed by atoms with Crippen LogP contribution in [0, 0.1) is 13.8 Å². The Labute approximate surface area is 182 Å². The van der Waals surface area contributed by atoms with E-state index >= 15 is 0 Å². The summed E-state index contributed by atoms with van der Waals surface area (Å²) < 4.78 is 27.3. The van der Waals surface area contributed by atoms with E-state index in [1.165, 1.54) is 10.4 Å². The molecule has 1 aliphatic rings. The standard InChI is InChI=1S/C23H24N4O3S/c1-17-22(18(2)27(25-17)21-7-4-3-5-8-21)13-14-23(28)24-19-9-11-20(12-10-19)26-15-6-16-31(26,29)30/h3-5,7-14H,6,15-16H2,1-2H3,(H,24,28)/b14-13+. The Hall–Kier alpha value is -3.39. The Kier molecular flexibility index (Phi) is 5.65. The number of benzene rings is 2. The number of anilines is 2. The predicted octanol–water partition coefficient (Wildman–Crippen LogP) is 3.68. The molecule has 0 bridgehead atoms. The van der Waals surface area contributed by atoms with E-state index in [2.05, 4.69) is 10.4 Å². The molecule has 0 unspecified atom stereocenters. The van der Waals surface area contributed by atoms with Crippen LogP contribution in [0.5, 0.6) is 0 Å². The zero-order valence-corrected chi connectivity index (χ0v) is 18.3. The number of hydrogen-bond acceptors (Lipinski definition) is 4. The SMILES string of the molecule is Cc1nn(-c2ccccc2)c(C)c1/C=C/C(=O)Nc1ccc(N2CCCS2(=O)=O)cc1. The molecule has 0 aliphatic carbocycles. The summed E-state index contributed by atoms with van der Waals surface area (Å²) >= 11 is 0. The molecule has 160 valence electrons. The summed E-state index contributed by atoms with van der Waals surface area (Å²) in [7, 11) is -3.21. The molecule has 1 saturated heterocycles. The molecular formula is C23H24N4O3S. The number of aryl methyl sites for hydroxylation is 1. The highest BCUT2D eigenvalue weighted by Crippen LogP contribution is 2.25. The lowest BCUT2D eigenvalue weighted by Gasteiger charge is -2.17. The van der Waals surface area contributed by atoms with Crippen LogP contribution in [0.1, 0.15) is 23.4 Å². The van der Waals surface area contributed by atoms with Gasteiger partial charge in [0.25, 0.3) is 0 Å². The molecule has 1 aromatic heterocycles. The normalized spacial score (nSPS) is 15.5. The summed E-state index contributed by atoms with van der Waals surface area (Å²) in [6.45, 7) is 4.37. The Balaban J connectivity index is 1.45. The predicted molar refractivity (Wildman–Crippen MR) is 123 cm³/mol. The van der Waals surface area contributed by atoms with Crippen LogP contribution in [0.3, 0.4) is 0 Å². The number of para-hydroxylation sites is 1. The van der Waals surface area contributed by atoms with Gasteiger partial charge in [0.1, 0.15) is 0 Å². The van der Waals surface area contributed by atoms with Gasteiger partial charge < -0.3 is 5.32 Å². The monoisotopic (exact) mass is 436 g/mol. The third kappa shape index (κ3) is 4.39. The molecule has 4 rings (SSSR count). The second-order valence-corrected chi connectivity index (χ2v) is 9.46. The van der Waals surface area contributed by atoms with Gasteiger partial charge in [-0.25, -0.2) is 13.1 Å². The van der Waals surface area contributed by atoms with E-state index in [-0.39, 0.29) is 11.7 Å². The maximum atomic E-state index is 12.4. The lowest BCUT2D eigenvalue weighted by atomic mass is 10.2. The van der Waals surface area contributed by atoms with Crippen molar-refractivity contribution < 1.29 is 13.2 Å². The fraction of sp³-hybridized carbons (Fsp3) is 0.217. The lowest BCUT2D eigenvalue weighted by Crippen LogP contribution is -2.24. The number of nitrogens with one attached hydrogen (secondary N) is 1. The first-order valence-electron chi connectivity index (χ1n) is 10.1. The summed E-state index contributed by atoms with van der Waals surface area (Å²) in [5.74, 6) is -0.0940. The average Bonchev–Trinajstić information content (AvgIpc) is 3.25. The van der Waals surface area contributed by atoms with Crippen LogP contribution in [0.2, 0.25) is 0 Å². The first-order chi connectivity index (χ1) is 14.8. The van der Waals surface area contributed by atoms with Gasteiger partial charge in [-0.2, -0.15) is 5.10 Å². The van der Waals surface area contributed by atoms with E-state index in [0.29, 0.717) is 24.3 Å². The van der Waals surface area contributed by atoms with Crippen molar-refractivity contribution in [2.45, 2.75) is 20.3 Å². The minimum Gasteiger partial charge on any atom is -0.323 e. The fourth-order valence-electron chi connectivity index (χ4n) is 3.70. The van der Waals surface area contributed by atoms with Crippen LogP contribution in [-0.4, -0.2) is 36.4 Å². The largest absolute Gasteiger partial charge is 0.323 e. The van der Waals surface area contributed by atoms with Crippen LogP contribution >= 0.6 is 0 Å². The number of hydrogen-bond donors (Lipinski definition) is 1. The lowest BCUT2D eigenvalue weighted by molar-refractivity contribution is -0.111. The second kappa shape index (κ2) is 8.39. The first kappa shape index (κ1) is 20.9. The molecule has 8 heteroatoms. The summed E-state index contributed by atoms with van der Waals surface area (Å²) in [5.41, 5.74) is 4.86. The molecule has 1 fully saturated rings. The molecule has 0 atom stereocenters. The van der Waals surface area contributed by atoms with Gasteiger partial charge >= 0.3 is 0 Å². The van der Waals surface area contributed by atoms with E-state index in [1.807, 2.05) is 48.9 Å². The molecular weight excluding hydrogens is 412 g/mol. The van der Waals surface area contributed by atoms with Crippen molar-refractivity contribution >= 4 is 33.4 Å². The van der Waals surface area contributed by atoms with Crippen molar-refractivity contribution in [3.05, 3.63) is 77.6 Å². The topological polar surface area (TPSA) is 84.3 Å². The van der Waals surface area contributed by atoms with E-state index in [1.54, 1.807) is 30.3 Å². The smallest absolute Gasteiger partial charge is 0.248 e. The molecule has 7 nitrogen and oxygen atoms in total. The highest BCUT2D eigenvalue weighted by atomic mass is 32.2. The van der Waals surface area contributed by atoms with Gasteiger partial charge in [0, 0.05) is 29.6 Å². The molecule has 0 spiro atoms. The van der Waals surface area contributed by atoms with Crippen molar-refractivity contribution in [3.8, 4) is 5.69 Å². The van der Waals surface area contributed by atoms with Gasteiger partial charge in [-0.15, -0.1) is 0 Å². The zero-order chi connectivity index (χ0) is 22.0. The van der Waals surface area contributed by atoms with Crippen molar-refractivity contribution in [1.29, 1.82) is 0 Å². The van der Waals surface area contributed by atoms with Crippen LogP contribution in [0.25, 0.3) is 11.8 Å². The van der Waals surface area contributed by atoms with Gasteiger partial charge in [0.05, 0.1) is 22.8 Å². The van der Waals surface area contributed by atoms with Crippen LogP contribution in [0.4, 0.5) is 11.4 Å². The Bertz CT molecular complexity index is 1230. The van der Waals surface area contributed by atoms with E-state index in [4.69, 9.17) is 0 Å². The molecule has 1 aliphatic heterocycles. The maximum absolute atomic E-state index is 12.4. The number of nitrogens with zero attached hydrogens (tertiary/aromatic N) is 3. The zero-order valence-electron chi connectivity index (χ0n) is 17.4. The summed E-state index contributed by atoms with van der Waals surface area (Å²) in [4.78, 5) is 12.4. The summed E-state index contributed by atoms with van der Waals surface area (Å²) in [6, 6.07) is 16.7. The Morgan fingerprint density at radius 3 is 2.39 bits per heavy atom. The van der Waals surface area contributed by atoms with Gasteiger partial charge in [-0.05, 0) is 62.7 Å². The minimum absolute atomic E-state index is 0.177. The molecule has 2 heterocycles. The second-order valence-electron chi connectivity index (χ2n) is 7.44. The summed E-state index contributed by atoms with van der Waals surface area (Å²) in [6.07, 6.45) is 3.87. The van der Waals surface area contributed by atoms with E-state index in [9.17, 15) is 13.2 Å².